The maximum absolute atomic E-state index is 14.2. The van der Waals surface area contributed by atoms with Crippen LogP contribution in [-0.2, 0) is 9.59 Å². The molecule has 0 radical (unpaired) electrons. The number of fused-ring (bicyclic) bond motifs is 3. The molecule has 0 aromatic heterocycles. The van der Waals surface area contributed by atoms with Gasteiger partial charge >= 0.3 is 0 Å². The smallest absolute Gasteiger partial charge is 0.244 e. The van der Waals surface area contributed by atoms with Crippen LogP contribution < -0.4 is 10.6 Å². The van der Waals surface area contributed by atoms with Gasteiger partial charge < -0.3 is 15.5 Å². The molecule has 2 fully saturated rings. The second-order valence-corrected chi connectivity index (χ2v) is 11.1. The first kappa shape index (κ1) is 24.7. The number of benzene rings is 2. The van der Waals surface area contributed by atoms with Crippen molar-refractivity contribution >= 4 is 23.6 Å². The average Bonchev–Trinajstić information content (AvgIpc) is 3.42. The van der Waals surface area contributed by atoms with Crippen molar-refractivity contribution in [2.45, 2.75) is 56.7 Å². The lowest BCUT2D eigenvalue weighted by Crippen LogP contribution is -2.50. The molecular weight excluding hydrogens is 470 g/mol. The molecule has 2 N–H and O–H groups in total. The number of amides is 2. The molecule has 0 spiro atoms. The molecule has 4 aliphatic rings. The van der Waals surface area contributed by atoms with Crippen LogP contribution in [0, 0.1) is 17.8 Å². The molecule has 1 saturated carbocycles. The highest BCUT2D eigenvalue weighted by Crippen LogP contribution is 2.49. The number of nitrogens with one attached hydrogen (secondary N) is 2. The van der Waals surface area contributed by atoms with Crippen LogP contribution >= 0.6 is 0 Å². The fraction of sp³-hybridized carbons (Fsp3) is 0.394. The average molecular weight is 508 g/mol. The Morgan fingerprint density at radius 3 is 2.61 bits per heavy atom. The molecule has 0 bridgehead atoms. The highest BCUT2D eigenvalue weighted by molar-refractivity contribution is 5.92. The van der Waals surface area contributed by atoms with Crippen LogP contribution in [0.2, 0.25) is 0 Å². The molecule has 38 heavy (non-hydrogen) atoms. The molecule has 196 valence electrons. The van der Waals surface area contributed by atoms with E-state index in [4.69, 9.17) is 0 Å². The van der Waals surface area contributed by atoms with E-state index in [1.807, 2.05) is 36.4 Å². The van der Waals surface area contributed by atoms with Gasteiger partial charge in [-0.15, -0.1) is 0 Å². The summed E-state index contributed by atoms with van der Waals surface area (Å²) >= 11 is 0. The summed E-state index contributed by atoms with van der Waals surface area (Å²) in [6.07, 6.45) is 18.1. The molecule has 2 heterocycles. The Morgan fingerprint density at radius 1 is 0.947 bits per heavy atom. The number of hydrogen-bond donors (Lipinski definition) is 2. The van der Waals surface area contributed by atoms with E-state index in [9.17, 15) is 9.59 Å². The lowest BCUT2D eigenvalue weighted by atomic mass is 9.75. The first-order valence-corrected chi connectivity index (χ1v) is 14.2. The lowest BCUT2D eigenvalue weighted by molar-refractivity contribution is -0.139. The Balaban J connectivity index is 1.21. The van der Waals surface area contributed by atoms with E-state index < -0.39 is 0 Å². The standard InChI is InChI=1S/C33H37N3O2/c37-30(20-19-23-11-3-1-4-12-23)34-29-18-10-8-16-26(29)33(38)36-22-21-27-31(24-13-5-2-6-14-24)35-28-17-9-7-15-25(28)32(27)36/h1-7,9,11-13,15,17,19-20,24,26-27,29,31-32,35H,8,10,14,16,18,21-22H2,(H,34,37)/b20-19+/t24?,26-,27+,29+,31-,32-/m0/s1. The number of anilines is 1. The summed E-state index contributed by atoms with van der Waals surface area (Å²) < 4.78 is 0. The van der Waals surface area contributed by atoms with Gasteiger partial charge in [0.2, 0.25) is 11.8 Å². The molecule has 2 aliphatic heterocycles. The number of likely N-dealkylation sites (tertiary alicyclic amines) is 1. The maximum atomic E-state index is 14.2. The number of carbonyl (C=O) groups is 2. The molecule has 6 atom stereocenters. The summed E-state index contributed by atoms with van der Waals surface area (Å²) in [7, 11) is 0. The zero-order valence-electron chi connectivity index (χ0n) is 21.8. The molecule has 6 rings (SSSR count). The Labute approximate surface area is 225 Å². The Morgan fingerprint density at radius 2 is 1.76 bits per heavy atom. The molecule has 2 amide bonds. The first-order valence-electron chi connectivity index (χ1n) is 14.2. The lowest BCUT2D eigenvalue weighted by Gasteiger charge is -2.44. The Hall–Kier alpha value is -3.60. The van der Waals surface area contributed by atoms with Gasteiger partial charge in [-0.1, -0.05) is 85.7 Å². The van der Waals surface area contributed by atoms with Gasteiger partial charge in [0, 0.05) is 42.2 Å². The van der Waals surface area contributed by atoms with E-state index >= 15 is 0 Å². The predicted octanol–water partition coefficient (Wildman–Crippen LogP) is 5.89. The third kappa shape index (κ3) is 4.94. The van der Waals surface area contributed by atoms with Gasteiger partial charge in [0.15, 0.2) is 0 Å². The number of rotatable bonds is 5. The highest BCUT2D eigenvalue weighted by Gasteiger charge is 2.49. The second-order valence-electron chi connectivity index (χ2n) is 11.1. The quantitative estimate of drug-likeness (QED) is 0.496. The summed E-state index contributed by atoms with van der Waals surface area (Å²) in [6, 6.07) is 18.6. The van der Waals surface area contributed by atoms with Crippen molar-refractivity contribution in [3.05, 3.63) is 96.1 Å². The van der Waals surface area contributed by atoms with Gasteiger partial charge in [0.25, 0.3) is 0 Å². The van der Waals surface area contributed by atoms with Gasteiger partial charge in [-0.25, -0.2) is 0 Å². The van der Waals surface area contributed by atoms with Crippen molar-refractivity contribution in [3.63, 3.8) is 0 Å². The van der Waals surface area contributed by atoms with Crippen LogP contribution in [0.3, 0.4) is 0 Å². The summed E-state index contributed by atoms with van der Waals surface area (Å²) in [5.74, 6) is 0.718. The van der Waals surface area contributed by atoms with Gasteiger partial charge in [0.1, 0.15) is 0 Å². The van der Waals surface area contributed by atoms with E-state index in [1.165, 1.54) is 5.56 Å². The van der Waals surface area contributed by atoms with Gasteiger partial charge in [-0.3, -0.25) is 9.59 Å². The molecule has 5 heteroatoms. The number of hydrogen-bond acceptors (Lipinski definition) is 3. The third-order valence-electron chi connectivity index (χ3n) is 8.90. The largest absolute Gasteiger partial charge is 0.381 e. The topological polar surface area (TPSA) is 61.4 Å². The van der Waals surface area contributed by atoms with Crippen LogP contribution in [0.1, 0.15) is 55.7 Å². The van der Waals surface area contributed by atoms with Crippen molar-refractivity contribution in [1.82, 2.24) is 10.2 Å². The monoisotopic (exact) mass is 507 g/mol. The maximum Gasteiger partial charge on any atom is 0.244 e. The SMILES string of the molecule is O=C(/C=C/c1ccccc1)N[C@@H]1CCCC[C@@H]1C(=O)N1CC[C@@H]2[C@H](C3C=CC=CC3)Nc3ccccc3[C@@H]21. The molecule has 2 aromatic carbocycles. The minimum absolute atomic E-state index is 0.0838. The molecule has 1 saturated heterocycles. The van der Waals surface area contributed by atoms with E-state index in [2.05, 4.69) is 64.1 Å². The van der Waals surface area contributed by atoms with E-state index in [-0.39, 0.29) is 29.8 Å². The summed E-state index contributed by atoms with van der Waals surface area (Å²) in [5, 5.41) is 7.04. The van der Waals surface area contributed by atoms with Crippen molar-refractivity contribution in [2.75, 3.05) is 11.9 Å². The number of allylic oxidation sites excluding steroid dienone is 3. The first-order chi connectivity index (χ1) is 18.7. The number of carbonyl (C=O) groups excluding carboxylic acids is 2. The van der Waals surface area contributed by atoms with Crippen molar-refractivity contribution in [2.24, 2.45) is 17.8 Å². The predicted molar refractivity (Wildman–Crippen MR) is 152 cm³/mol. The van der Waals surface area contributed by atoms with E-state index in [0.717, 1.165) is 56.3 Å². The van der Waals surface area contributed by atoms with Crippen molar-refractivity contribution < 1.29 is 9.59 Å². The summed E-state index contributed by atoms with van der Waals surface area (Å²) in [5.41, 5.74) is 3.38. The third-order valence-corrected chi connectivity index (χ3v) is 8.90. The highest BCUT2D eigenvalue weighted by atomic mass is 16.2. The summed E-state index contributed by atoms with van der Waals surface area (Å²) in [4.78, 5) is 29.2. The van der Waals surface area contributed by atoms with Crippen LogP contribution in [0.5, 0.6) is 0 Å². The van der Waals surface area contributed by atoms with Gasteiger partial charge in [-0.2, -0.15) is 0 Å². The van der Waals surface area contributed by atoms with E-state index in [0.29, 0.717) is 17.9 Å². The van der Waals surface area contributed by atoms with E-state index in [1.54, 1.807) is 6.08 Å². The number of nitrogens with zero attached hydrogens (tertiary/aromatic N) is 1. The molecule has 2 aromatic rings. The van der Waals surface area contributed by atoms with Crippen molar-refractivity contribution in [1.29, 1.82) is 0 Å². The van der Waals surface area contributed by atoms with Crippen LogP contribution in [0.4, 0.5) is 5.69 Å². The molecular formula is C33H37N3O2. The second kappa shape index (κ2) is 11.0. The summed E-state index contributed by atoms with van der Waals surface area (Å²) in [6.45, 7) is 0.776. The van der Waals surface area contributed by atoms with Crippen LogP contribution in [-0.4, -0.2) is 35.3 Å². The van der Waals surface area contributed by atoms with Gasteiger partial charge in [-0.05, 0) is 49.0 Å². The minimum atomic E-state index is -0.172. The molecule has 1 unspecified atom stereocenters. The van der Waals surface area contributed by atoms with Gasteiger partial charge in [0.05, 0.1) is 12.0 Å². The van der Waals surface area contributed by atoms with Crippen LogP contribution in [0.25, 0.3) is 6.08 Å². The van der Waals surface area contributed by atoms with Crippen LogP contribution in [0.15, 0.2) is 85.0 Å². The molecule has 2 aliphatic carbocycles. The Bertz CT molecular complexity index is 1250. The van der Waals surface area contributed by atoms with Crippen molar-refractivity contribution in [3.8, 4) is 0 Å². The zero-order chi connectivity index (χ0) is 25.9. The minimum Gasteiger partial charge on any atom is -0.381 e. The fourth-order valence-electron chi connectivity index (χ4n) is 7.08. The zero-order valence-corrected chi connectivity index (χ0v) is 21.8. The Kier molecular flexibility index (Phi) is 7.17. The molecule has 5 nitrogen and oxygen atoms in total. The number of para-hydroxylation sites is 1. The normalized spacial score (nSPS) is 29.9. The fourth-order valence-corrected chi connectivity index (χ4v) is 7.08.